The molecule has 0 unspecified atom stereocenters. The highest BCUT2D eigenvalue weighted by Gasteiger charge is 2.14. The summed E-state index contributed by atoms with van der Waals surface area (Å²) < 4.78 is 96.1. The first kappa shape index (κ1) is 25.7. The highest BCUT2D eigenvalue weighted by atomic mass is 32.2. The third-order valence-electron chi connectivity index (χ3n) is 5.39. The average Bonchev–Trinajstić information content (AvgIpc) is 2.82. The average molecular weight is 547 g/mol. The summed E-state index contributed by atoms with van der Waals surface area (Å²) in [6.07, 6.45) is 0. The molecular weight excluding hydrogens is 528 g/mol. The van der Waals surface area contributed by atoms with E-state index in [1.807, 2.05) is 0 Å². The lowest BCUT2D eigenvalue weighted by Gasteiger charge is -2.12. The van der Waals surface area contributed by atoms with Crippen LogP contribution in [-0.2, 0) is 30.4 Å². The van der Waals surface area contributed by atoms with Crippen LogP contribution in [0, 0.1) is 0 Å². The molecule has 0 atom stereocenters. The van der Waals surface area contributed by atoms with Gasteiger partial charge in [0.25, 0.3) is 30.4 Å². The number of hydrogen-bond donors (Lipinski definition) is 3. The van der Waals surface area contributed by atoms with Gasteiger partial charge in [0.05, 0.1) is 14.7 Å². The smallest absolute Gasteiger partial charge is 0.282 e. The molecule has 0 aliphatic heterocycles. The molecule has 0 aliphatic rings. The van der Waals surface area contributed by atoms with Crippen molar-refractivity contribution in [1.82, 2.24) is 0 Å². The minimum Gasteiger partial charge on any atom is -0.282 e. The van der Waals surface area contributed by atoms with E-state index in [-0.39, 0.29) is 14.7 Å². The molecule has 0 saturated heterocycles. The van der Waals surface area contributed by atoms with Crippen molar-refractivity contribution in [3.8, 4) is 33.4 Å². The molecule has 36 heavy (non-hydrogen) atoms. The maximum Gasteiger partial charge on any atom is 0.294 e. The molecular formula is C24H18O9S3. The highest BCUT2D eigenvalue weighted by Crippen LogP contribution is 2.34. The predicted octanol–water partition coefficient (Wildman–Crippen LogP) is 4.43. The molecule has 0 fully saturated rings. The maximum absolute atomic E-state index is 11.4. The van der Waals surface area contributed by atoms with Gasteiger partial charge < -0.3 is 0 Å². The normalized spacial score (nSPS) is 12.4. The van der Waals surface area contributed by atoms with Crippen molar-refractivity contribution < 1.29 is 38.9 Å². The highest BCUT2D eigenvalue weighted by molar-refractivity contribution is 7.86. The Bertz CT molecular complexity index is 1530. The largest absolute Gasteiger partial charge is 0.294 e. The predicted molar refractivity (Wildman–Crippen MR) is 132 cm³/mol. The van der Waals surface area contributed by atoms with Crippen LogP contribution in [0.2, 0.25) is 0 Å². The quantitative estimate of drug-likeness (QED) is 0.297. The standard InChI is InChI=1S/C24H18O9S3/c25-34(26,27)22-7-1-16(2-8-22)19-13-20(17-3-9-23(10-4-17)35(28,29)30)15-21(14-19)18-5-11-24(12-6-18)36(31,32)33/h1-15H,(H,25,26,27)(H,28,29,30)(H,31,32,33). The van der Waals surface area contributed by atoms with Gasteiger partial charge in [-0.05, 0) is 88.0 Å². The summed E-state index contributed by atoms with van der Waals surface area (Å²) in [5.41, 5.74) is 3.74. The fourth-order valence-electron chi connectivity index (χ4n) is 3.59. The zero-order valence-electron chi connectivity index (χ0n) is 18.2. The Balaban J connectivity index is 1.87. The van der Waals surface area contributed by atoms with Crippen LogP contribution in [0.5, 0.6) is 0 Å². The summed E-state index contributed by atoms with van der Waals surface area (Å²) in [5, 5.41) is 0. The Kier molecular flexibility index (Phi) is 6.60. The van der Waals surface area contributed by atoms with Gasteiger partial charge in [-0.1, -0.05) is 36.4 Å². The molecule has 9 nitrogen and oxygen atoms in total. The van der Waals surface area contributed by atoms with E-state index >= 15 is 0 Å². The molecule has 0 heterocycles. The molecule has 0 radical (unpaired) electrons. The second-order valence-electron chi connectivity index (χ2n) is 7.80. The van der Waals surface area contributed by atoms with Gasteiger partial charge in [-0.25, -0.2) is 0 Å². The molecule has 4 aromatic carbocycles. The van der Waals surface area contributed by atoms with Crippen LogP contribution >= 0.6 is 0 Å². The Morgan fingerprint density at radius 1 is 0.333 bits per heavy atom. The first-order valence-electron chi connectivity index (χ1n) is 10.1. The van der Waals surface area contributed by atoms with Crippen LogP contribution in [0.25, 0.3) is 33.4 Å². The van der Waals surface area contributed by atoms with Gasteiger partial charge in [-0.3, -0.25) is 13.7 Å². The molecule has 0 saturated carbocycles. The molecule has 0 amide bonds. The van der Waals surface area contributed by atoms with Crippen LogP contribution in [0.4, 0.5) is 0 Å². The summed E-state index contributed by atoms with van der Waals surface area (Å²) in [5.74, 6) is 0. The van der Waals surface area contributed by atoms with E-state index in [9.17, 15) is 38.9 Å². The molecule has 12 heteroatoms. The van der Waals surface area contributed by atoms with Crippen LogP contribution < -0.4 is 0 Å². The van der Waals surface area contributed by atoms with Crippen LogP contribution in [-0.4, -0.2) is 38.9 Å². The molecule has 4 aromatic rings. The Morgan fingerprint density at radius 2 is 0.528 bits per heavy atom. The first-order chi connectivity index (χ1) is 16.7. The van der Waals surface area contributed by atoms with Gasteiger partial charge in [-0.2, -0.15) is 25.3 Å². The first-order valence-corrected chi connectivity index (χ1v) is 14.4. The summed E-state index contributed by atoms with van der Waals surface area (Å²) >= 11 is 0. The van der Waals surface area contributed by atoms with Crippen molar-refractivity contribution >= 4 is 30.4 Å². The molecule has 186 valence electrons. The number of rotatable bonds is 6. The van der Waals surface area contributed by atoms with Crippen molar-refractivity contribution in [3.63, 3.8) is 0 Å². The SMILES string of the molecule is O=S(=O)(O)c1ccc(-c2cc(-c3ccc(S(=O)(=O)O)cc3)cc(-c3ccc(S(=O)(=O)O)cc3)c2)cc1. The maximum atomic E-state index is 11.4. The monoisotopic (exact) mass is 546 g/mol. The third kappa shape index (κ3) is 5.70. The minimum absolute atomic E-state index is 0.274. The molecule has 0 spiro atoms. The van der Waals surface area contributed by atoms with Crippen molar-refractivity contribution in [2.45, 2.75) is 14.7 Å². The lowest BCUT2D eigenvalue weighted by molar-refractivity contribution is 0.481. The second-order valence-corrected chi connectivity index (χ2v) is 12.1. The lowest BCUT2D eigenvalue weighted by Crippen LogP contribution is -1.98. The minimum atomic E-state index is -4.38. The topological polar surface area (TPSA) is 163 Å². The Hall–Kier alpha value is -3.39. The molecule has 0 aromatic heterocycles. The van der Waals surface area contributed by atoms with E-state index in [0.717, 1.165) is 0 Å². The van der Waals surface area contributed by atoms with Gasteiger partial charge in [0, 0.05) is 0 Å². The van der Waals surface area contributed by atoms with E-state index < -0.39 is 30.4 Å². The van der Waals surface area contributed by atoms with Crippen molar-refractivity contribution in [1.29, 1.82) is 0 Å². The van der Waals surface area contributed by atoms with E-state index in [0.29, 0.717) is 33.4 Å². The summed E-state index contributed by atoms with van der Waals surface area (Å²) in [4.78, 5) is -0.822. The van der Waals surface area contributed by atoms with Gasteiger partial charge in [0.15, 0.2) is 0 Å². The second kappa shape index (κ2) is 9.24. The zero-order valence-corrected chi connectivity index (χ0v) is 20.6. The van der Waals surface area contributed by atoms with Gasteiger partial charge in [-0.15, -0.1) is 0 Å². The van der Waals surface area contributed by atoms with Crippen LogP contribution in [0.1, 0.15) is 0 Å². The van der Waals surface area contributed by atoms with E-state index in [1.54, 1.807) is 18.2 Å². The fourth-order valence-corrected chi connectivity index (χ4v) is 5.03. The summed E-state index contributed by atoms with van der Waals surface area (Å²) in [7, 11) is -13.1. The van der Waals surface area contributed by atoms with Gasteiger partial charge >= 0.3 is 0 Å². The molecule has 0 bridgehead atoms. The van der Waals surface area contributed by atoms with Gasteiger partial charge in [0.2, 0.25) is 0 Å². The van der Waals surface area contributed by atoms with Gasteiger partial charge in [0.1, 0.15) is 0 Å². The Labute approximate surface area is 207 Å². The van der Waals surface area contributed by atoms with E-state index in [1.165, 1.54) is 72.8 Å². The zero-order chi connectivity index (χ0) is 26.3. The van der Waals surface area contributed by atoms with E-state index in [4.69, 9.17) is 0 Å². The third-order valence-corrected chi connectivity index (χ3v) is 7.99. The Morgan fingerprint density at radius 3 is 0.694 bits per heavy atom. The molecule has 0 aliphatic carbocycles. The fraction of sp³-hybridized carbons (Fsp3) is 0. The summed E-state index contributed by atoms with van der Waals surface area (Å²) in [6, 6.07) is 21.9. The van der Waals surface area contributed by atoms with Crippen LogP contribution in [0.3, 0.4) is 0 Å². The van der Waals surface area contributed by atoms with Crippen molar-refractivity contribution in [3.05, 3.63) is 91.0 Å². The van der Waals surface area contributed by atoms with Crippen molar-refractivity contribution in [2.75, 3.05) is 0 Å². The number of hydrogen-bond acceptors (Lipinski definition) is 6. The lowest BCUT2D eigenvalue weighted by atomic mass is 9.93. The summed E-state index contributed by atoms with van der Waals surface area (Å²) in [6.45, 7) is 0. The van der Waals surface area contributed by atoms with Crippen LogP contribution in [0.15, 0.2) is 106 Å². The van der Waals surface area contributed by atoms with Crippen molar-refractivity contribution in [2.24, 2.45) is 0 Å². The number of benzene rings is 4. The molecule has 4 rings (SSSR count). The molecule has 3 N–H and O–H groups in total. The van der Waals surface area contributed by atoms with E-state index in [2.05, 4.69) is 0 Å².